The molecule has 0 saturated heterocycles. The van der Waals surface area contributed by atoms with Gasteiger partial charge in [0.05, 0.1) is 5.69 Å². The molecule has 2 aromatic heterocycles. The zero-order chi connectivity index (χ0) is 15.6. The van der Waals surface area contributed by atoms with Gasteiger partial charge in [0, 0.05) is 17.5 Å². The summed E-state index contributed by atoms with van der Waals surface area (Å²) >= 11 is 0. The predicted molar refractivity (Wildman–Crippen MR) is 78.5 cm³/mol. The van der Waals surface area contributed by atoms with Crippen LogP contribution in [0.3, 0.4) is 0 Å². The molecule has 0 saturated carbocycles. The number of carbonyl (C=O) groups is 1. The van der Waals surface area contributed by atoms with Crippen LogP contribution in [0.1, 0.15) is 34.4 Å². The lowest BCUT2D eigenvalue weighted by Gasteiger charge is -2.11. The molecule has 0 fully saturated rings. The molecule has 0 aromatic carbocycles. The number of nitrogens with zero attached hydrogens (tertiary/aromatic N) is 2. The smallest absolute Gasteiger partial charge is 0.349 e. The summed E-state index contributed by atoms with van der Waals surface area (Å²) in [5.74, 6) is 0.373. The summed E-state index contributed by atoms with van der Waals surface area (Å²) in [6, 6.07) is 3.40. The second kappa shape index (κ2) is 5.74. The summed E-state index contributed by atoms with van der Waals surface area (Å²) in [5, 5.41) is 0. The highest BCUT2D eigenvalue weighted by Crippen LogP contribution is 2.14. The van der Waals surface area contributed by atoms with Gasteiger partial charge in [-0.1, -0.05) is 0 Å². The molecule has 2 aromatic rings. The number of Topliss-reactive ketones (excluding diaryl/α,β-unsaturated/α-hetero) is 1. The fraction of sp³-hybridized carbons (Fsp3) is 0.286. The second-order valence-electron chi connectivity index (χ2n) is 4.71. The van der Waals surface area contributed by atoms with E-state index in [-0.39, 0.29) is 11.3 Å². The van der Waals surface area contributed by atoms with Gasteiger partial charge in [-0.2, -0.15) is 0 Å². The second-order valence-corrected chi connectivity index (χ2v) is 4.71. The largest absolute Gasteiger partial charge is 0.428 e. The van der Waals surface area contributed by atoms with E-state index in [0.29, 0.717) is 17.4 Å². The lowest BCUT2D eigenvalue weighted by atomic mass is 10.1. The summed E-state index contributed by atoms with van der Waals surface area (Å²) in [6.45, 7) is 6.63. The van der Waals surface area contributed by atoms with E-state index in [2.05, 4.69) is 20.8 Å². The molecule has 21 heavy (non-hydrogen) atoms. The van der Waals surface area contributed by atoms with Crippen molar-refractivity contribution in [3.8, 4) is 0 Å². The molecule has 7 heteroatoms. The number of anilines is 2. The van der Waals surface area contributed by atoms with Gasteiger partial charge in [-0.15, -0.1) is 0 Å². The normalized spacial score (nSPS) is 10.3. The minimum Gasteiger partial charge on any atom is -0.428 e. The average molecular weight is 288 g/mol. The maximum absolute atomic E-state index is 11.7. The summed E-state index contributed by atoms with van der Waals surface area (Å²) in [7, 11) is 0. The van der Waals surface area contributed by atoms with Gasteiger partial charge in [0.25, 0.3) is 0 Å². The average Bonchev–Trinajstić information content (AvgIpc) is 2.33. The number of carbonyl (C=O) groups excluding carboxylic acids is 1. The van der Waals surface area contributed by atoms with E-state index in [1.165, 1.54) is 6.92 Å². The van der Waals surface area contributed by atoms with Crippen molar-refractivity contribution in [1.82, 2.24) is 9.97 Å². The van der Waals surface area contributed by atoms with Gasteiger partial charge in [0.15, 0.2) is 5.78 Å². The first-order valence-electron chi connectivity index (χ1n) is 6.37. The Morgan fingerprint density at radius 1 is 1.10 bits per heavy atom. The maximum atomic E-state index is 11.7. The molecule has 0 atom stereocenters. The molecule has 7 nitrogen and oxygen atoms in total. The third kappa shape index (κ3) is 3.44. The van der Waals surface area contributed by atoms with Crippen LogP contribution in [0.4, 0.5) is 11.6 Å². The summed E-state index contributed by atoms with van der Waals surface area (Å²) < 4.78 is 4.93. The van der Waals surface area contributed by atoms with Gasteiger partial charge in [-0.25, -0.2) is 14.8 Å². The molecule has 0 spiro atoms. The topological polar surface area (TPSA) is 97.1 Å². The Bertz CT molecular complexity index is 732. The lowest BCUT2D eigenvalue weighted by Crippen LogP contribution is -2.20. The molecular weight excluding hydrogens is 272 g/mol. The van der Waals surface area contributed by atoms with Crippen LogP contribution >= 0.6 is 0 Å². The first-order chi connectivity index (χ1) is 9.86. The van der Waals surface area contributed by atoms with Crippen molar-refractivity contribution in [2.45, 2.75) is 27.7 Å². The zero-order valence-electron chi connectivity index (χ0n) is 12.3. The number of hydrazine groups is 1. The van der Waals surface area contributed by atoms with E-state index in [1.54, 1.807) is 13.0 Å². The van der Waals surface area contributed by atoms with Crippen LogP contribution in [0, 0.1) is 20.8 Å². The molecule has 0 amide bonds. The monoisotopic (exact) mass is 288 g/mol. The summed E-state index contributed by atoms with van der Waals surface area (Å²) in [5.41, 5.74) is 6.81. The molecule has 110 valence electrons. The summed E-state index contributed by atoms with van der Waals surface area (Å²) in [6.07, 6.45) is 0. The third-order valence-corrected chi connectivity index (χ3v) is 2.72. The fourth-order valence-electron chi connectivity index (χ4n) is 1.95. The molecule has 0 aliphatic heterocycles. The van der Waals surface area contributed by atoms with E-state index in [1.807, 2.05) is 19.9 Å². The van der Waals surface area contributed by atoms with Crippen molar-refractivity contribution >= 4 is 17.4 Å². The van der Waals surface area contributed by atoms with Crippen LogP contribution in [-0.2, 0) is 0 Å². The van der Waals surface area contributed by atoms with Gasteiger partial charge in [-0.3, -0.25) is 15.6 Å². The molecule has 0 unspecified atom stereocenters. The molecule has 2 rings (SSSR count). The van der Waals surface area contributed by atoms with Crippen molar-refractivity contribution in [3.63, 3.8) is 0 Å². The van der Waals surface area contributed by atoms with Gasteiger partial charge in [0.2, 0.25) is 5.95 Å². The predicted octanol–water partition coefficient (Wildman–Crippen LogP) is 2.00. The number of rotatable bonds is 4. The highest BCUT2D eigenvalue weighted by Gasteiger charge is 2.15. The van der Waals surface area contributed by atoms with Crippen molar-refractivity contribution in [1.29, 1.82) is 0 Å². The standard InChI is InChI=1S/C14H16N4O3/c1-7-5-8(2)16-14(15-7)18-17-11-6-9(3)21-13(20)12(11)10(4)19/h5-6,17H,1-4H3,(H,15,16,18). The number of aromatic nitrogens is 2. The third-order valence-electron chi connectivity index (χ3n) is 2.72. The Balaban J connectivity index is 2.31. The van der Waals surface area contributed by atoms with Gasteiger partial charge in [0.1, 0.15) is 11.3 Å². The van der Waals surface area contributed by atoms with Crippen molar-refractivity contribution in [3.05, 3.63) is 45.3 Å². The van der Waals surface area contributed by atoms with Crippen LogP contribution < -0.4 is 16.5 Å². The highest BCUT2D eigenvalue weighted by atomic mass is 16.4. The molecule has 2 N–H and O–H groups in total. The Hall–Kier alpha value is -2.70. The Labute approximate surface area is 121 Å². The zero-order valence-corrected chi connectivity index (χ0v) is 12.3. The van der Waals surface area contributed by atoms with E-state index in [9.17, 15) is 9.59 Å². The fourth-order valence-corrected chi connectivity index (χ4v) is 1.95. The van der Waals surface area contributed by atoms with E-state index in [0.717, 1.165) is 11.4 Å². The minimum absolute atomic E-state index is 0.0440. The van der Waals surface area contributed by atoms with Crippen molar-refractivity contribution in [2.75, 3.05) is 10.9 Å². The van der Waals surface area contributed by atoms with Crippen LogP contribution in [-0.4, -0.2) is 15.8 Å². The molecule has 0 radical (unpaired) electrons. The molecule has 0 aliphatic carbocycles. The SMILES string of the molecule is CC(=O)c1c(NNc2nc(C)cc(C)n2)cc(C)oc1=O. The minimum atomic E-state index is -0.673. The molecular formula is C14H16N4O3. The van der Waals surface area contributed by atoms with Crippen molar-refractivity contribution < 1.29 is 9.21 Å². The van der Waals surface area contributed by atoms with Gasteiger partial charge in [-0.05, 0) is 33.8 Å². The van der Waals surface area contributed by atoms with Crippen LogP contribution in [0.15, 0.2) is 21.3 Å². The molecule has 0 bridgehead atoms. The molecule has 0 aliphatic rings. The number of nitrogens with one attached hydrogen (secondary N) is 2. The quantitative estimate of drug-likeness (QED) is 0.656. The van der Waals surface area contributed by atoms with Crippen LogP contribution in [0.25, 0.3) is 0 Å². The van der Waals surface area contributed by atoms with Gasteiger partial charge < -0.3 is 4.42 Å². The number of ketones is 1. The first-order valence-corrected chi connectivity index (χ1v) is 6.37. The number of aryl methyl sites for hydroxylation is 3. The number of hydrogen-bond acceptors (Lipinski definition) is 7. The molecule has 2 heterocycles. The Kier molecular flexibility index (Phi) is 4.02. The first kappa shape index (κ1) is 14.7. The summed E-state index contributed by atoms with van der Waals surface area (Å²) in [4.78, 5) is 31.7. The Morgan fingerprint density at radius 2 is 1.71 bits per heavy atom. The van der Waals surface area contributed by atoms with Crippen molar-refractivity contribution in [2.24, 2.45) is 0 Å². The highest BCUT2D eigenvalue weighted by molar-refractivity contribution is 5.99. The van der Waals surface area contributed by atoms with Crippen LogP contribution in [0.5, 0.6) is 0 Å². The lowest BCUT2D eigenvalue weighted by molar-refractivity contribution is 0.101. The van der Waals surface area contributed by atoms with Crippen LogP contribution in [0.2, 0.25) is 0 Å². The van der Waals surface area contributed by atoms with E-state index in [4.69, 9.17) is 4.42 Å². The van der Waals surface area contributed by atoms with Gasteiger partial charge >= 0.3 is 5.63 Å². The maximum Gasteiger partial charge on any atom is 0.349 e. The van der Waals surface area contributed by atoms with E-state index < -0.39 is 5.63 Å². The Morgan fingerprint density at radius 3 is 2.29 bits per heavy atom. The number of hydrogen-bond donors (Lipinski definition) is 2. The van der Waals surface area contributed by atoms with E-state index >= 15 is 0 Å².